The van der Waals surface area contributed by atoms with Crippen LogP contribution in [0.15, 0.2) is 121 Å². The zero-order valence-corrected chi connectivity index (χ0v) is 24.3. The Labute approximate surface area is 250 Å². The molecule has 4 aromatic rings. The van der Waals surface area contributed by atoms with Crippen LogP contribution in [-0.4, -0.2) is 40.9 Å². The second kappa shape index (κ2) is 22.9. The van der Waals surface area contributed by atoms with Crippen molar-refractivity contribution in [3.05, 3.63) is 144 Å². The Morgan fingerprint density at radius 2 is 0.395 bits per heavy atom. The first-order valence-corrected chi connectivity index (χ1v) is 10.9. The van der Waals surface area contributed by atoms with Crippen LogP contribution in [0, 0.1) is 0 Å². The molecule has 0 aliphatic carbocycles. The van der Waals surface area contributed by atoms with Crippen LogP contribution >= 0.6 is 0 Å². The first kappa shape index (κ1) is 38.1. The van der Waals surface area contributed by atoms with Gasteiger partial charge in [0.1, 0.15) is 0 Å². The Balaban J connectivity index is 0. The Bertz CT molecular complexity index is 863. The summed E-state index contributed by atoms with van der Waals surface area (Å²) in [4.78, 5) is 0. The molecule has 0 atom stereocenters. The summed E-state index contributed by atoms with van der Waals surface area (Å²) in [6, 6.07) is 34.6. The summed E-state index contributed by atoms with van der Waals surface area (Å²) in [5, 5.41) is 68.6. The van der Waals surface area contributed by atoms with E-state index in [-0.39, 0.29) is 42.1 Å². The number of aliphatic hydroxyl groups is 8. The molecule has 0 heterocycles. The third-order valence-electron chi connectivity index (χ3n) is 4.39. The van der Waals surface area contributed by atoms with Gasteiger partial charge in [0.2, 0.25) is 0 Å². The fourth-order valence-corrected chi connectivity index (χ4v) is 2.50. The quantitative estimate of drug-likeness (QED) is 0.120. The molecule has 0 aliphatic heterocycles. The monoisotopic (exact) mass is 692 g/mol. The van der Waals surface area contributed by atoms with Crippen molar-refractivity contribution >= 4 is 0 Å². The van der Waals surface area contributed by atoms with Crippen molar-refractivity contribution in [2.24, 2.45) is 0 Å². The van der Waals surface area contributed by atoms with E-state index >= 15 is 0 Å². The minimum Gasteiger partial charge on any atom is -0.364 e. The standard InChI is InChI=1S/4C7H8O2.2Mo/c4*8-7(9)6-4-2-1-3-5-6;;/h4*1-5,7-9H;;. The van der Waals surface area contributed by atoms with Crippen molar-refractivity contribution in [2.75, 3.05) is 0 Å². The van der Waals surface area contributed by atoms with E-state index in [0.29, 0.717) is 22.3 Å². The van der Waals surface area contributed by atoms with Gasteiger partial charge in [0.25, 0.3) is 0 Å². The van der Waals surface area contributed by atoms with E-state index in [1.54, 1.807) is 97.1 Å². The van der Waals surface area contributed by atoms with E-state index in [1.165, 1.54) is 0 Å². The minimum atomic E-state index is -1.34. The Kier molecular flexibility index (Phi) is 22.9. The van der Waals surface area contributed by atoms with Gasteiger partial charge in [0.05, 0.1) is 0 Å². The summed E-state index contributed by atoms with van der Waals surface area (Å²) < 4.78 is 0. The van der Waals surface area contributed by atoms with Crippen LogP contribution in [0.5, 0.6) is 0 Å². The average Bonchev–Trinajstić information content (AvgIpc) is 2.92. The summed E-state index contributed by atoms with van der Waals surface area (Å²) in [5.41, 5.74) is 2.10. The Morgan fingerprint density at radius 3 is 0.474 bits per heavy atom. The minimum absolute atomic E-state index is 0. The molecule has 204 valence electrons. The van der Waals surface area contributed by atoms with Gasteiger partial charge in [-0.25, -0.2) is 0 Å². The van der Waals surface area contributed by atoms with E-state index < -0.39 is 25.2 Å². The van der Waals surface area contributed by atoms with Crippen molar-refractivity contribution in [2.45, 2.75) is 25.2 Å². The maximum atomic E-state index is 8.58. The van der Waals surface area contributed by atoms with Gasteiger partial charge in [-0.15, -0.1) is 0 Å². The summed E-state index contributed by atoms with van der Waals surface area (Å²) >= 11 is 0. The van der Waals surface area contributed by atoms with Crippen molar-refractivity contribution in [1.29, 1.82) is 0 Å². The molecule has 4 rings (SSSR count). The van der Waals surface area contributed by atoms with Crippen LogP contribution in [0.2, 0.25) is 0 Å². The number of benzene rings is 4. The van der Waals surface area contributed by atoms with E-state index in [2.05, 4.69) is 0 Å². The van der Waals surface area contributed by atoms with Gasteiger partial charge < -0.3 is 40.9 Å². The van der Waals surface area contributed by atoms with Crippen molar-refractivity contribution in [1.82, 2.24) is 0 Å². The molecule has 0 amide bonds. The molecule has 0 spiro atoms. The maximum absolute atomic E-state index is 8.58. The van der Waals surface area contributed by atoms with E-state index in [1.807, 2.05) is 24.3 Å². The van der Waals surface area contributed by atoms with Gasteiger partial charge >= 0.3 is 0 Å². The summed E-state index contributed by atoms with van der Waals surface area (Å²) in [7, 11) is 0. The molecule has 38 heavy (non-hydrogen) atoms. The predicted octanol–water partition coefficient (Wildman–Crippen LogP) is 2.67. The van der Waals surface area contributed by atoms with Crippen LogP contribution in [0.4, 0.5) is 0 Å². The molecule has 0 radical (unpaired) electrons. The summed E-state index contributed by atoms with van der Waals surface area (Å²) in [5.74, 6) is 0. The molecule has 0 aromatic heterocycles. The van der Waals surface area contributed by atoms with Gasteiger partial charge in [-0.05, 0) is 0 Å². The molecule has 0 bridgehead atoms. The first-order valence-electron chi connectivity index (χ1n) is 10.9. The Hall–Kier alpha value is -2.06. The van der Waals surface area contributed by atoms with Crippen LogP contribution in [0.3, 0.4) is 0 Å². The molecule has 0 saturated carbocycles. The second-order valence-electron chi connectivity index (χ2n) is 7.14. The third kappa shape index (κ3) is 17.4. The summed E-state index contributed by atoms with van der Waals surface area (Å²) in [6.45, 7) is 0. The maximum Gasteiger partial charge on any atom is 0.178 e. The van der Waals surface area contributed by atoms with Crippen molar-refractivity contribution < 1.29 is 83.0 Å². The topological polar surface area (TPSA) is 162 Å². The van der Waals surface area contributed by atoms with Gasteiger partial charge in [0, 0.05) is 64.4 Å². The second-order valence-corrected chi connectivity index (χ2v) is 7.14. The van der Waals surface area contributed by atoms with Gasteiger partial charge in [-0.1, -0.05) is 121 Å². The van der Waals surface area contributed by atoms with E-state index in [9.17, 15) is 0 Å². The SMILES string of the molecule is OC(O)c1ccccc1.OC(O)c1ccccc1.OC(O)c1ccccc1.OC(O)c1ccccc1.[Mo].[Mo]. The number of aliphatic hydroxyl groups excluding tert-OH is 4. The molecule has 0 fully saturated rings. The summed E-state index contributed by atoms with van der Waals surface area (Å²) in [6.07, 6.45) is -5.37. The van der Waals surface area contributed by atoms with Crippen LogP contribution in [-0.2, 0) is 42.1 Å². The molecular weight excluding hydrogens is 656 g/mol. The molecule has 0 saturated heterocycles. The molecule has 0 unspecified atom stereocenters. The number of rotatable bonds is 4. The normalized spacial score (nSPS) is 9.58. The molecule has 8 N–H and O–H groups in total. The van der Waals surface area contributed by atoms with E-state index in [4.69, 9.17) is 40.9 Å². The zero-order valence-electron chi connectivity index (χ0n) is 20.3. The molecule has 0 aliphatic rings. The third-order valence-corrected chi connectivity index (χ3v) is 4.39. The smallest absolute Gasteiger partial charge is 0.178 e. The number of hydrogen-bond donors (Lipinski definition) is 8. The first-order chi connectivity index (χ1) is 17.2. The predicted molar refractivity (Wildman–Crippen MR) is 134 cm³/mol. The van der Waals surface area contributed by atoms with Crippen LogP contribution in [0.1, 0.15) is 47.4 Å². The van der Waals surface area contributed by atoms with Gasteiger partial charge in [-0.2, -0.15) is 0 Å². The fraction of sp³-hybridized carbons (Fsp3) is 0.143. The molecular formula is C28H32Mo2O8. The Morgan fingerprint density at radius 1 is 0.263 bits per heavy atom. The van der Waals surface area contributed by atoms with Crippen molar-refractivity contribution in [3.63, 3.8) is 0 Å². The molecule has 10 heteroatoms. The van der Waals surface area contributed by atoms with Crippen LogP contribution < -0.4 is 0 Å². The molecule has 8 nitrogen and oxygen atoms in total. The fourth-order valence-electron chi connectivity index (χ4n) is 2.50. The van der Waals surface area contributed by atoms with E-state index in [0.717, 1.165) is 0 Å². The van der Waals surface area contributed by atoms with Crippen LogP contribution in [0.25, 0.3) is 0 Å². The zero-order chi connectivity index (χ0) is 26.8. The average molecular weight is 688 g/mol. The van der Waals surface area contributed by atoms with Crippen molar-refractivity contribution in [3.8, 4) is 0 Å². The largest absolute Gasteiger partial charge is 0.364 e. The molecule has 4 aromatic carbocycles. The number of hydrogen-bond acceptors (Lipinski definition) is 8. The van der Waals surface area contributed by atoms with Gasteiger partial charge in [0.15, 0.2) is 25.2 Å². The van der Waals surface area contributed by atoms with Gasteiger partial charge in [-0.3, -0.25) is 0 Å².